The number of halogens is 1. The van der Waals surface area contributed by atoms with Crippen molar-refractivity contribution in [1.82, 2.24) is 0 Å². The topological polar surface area (TPSA) is 73.9 Å². The van der Waals surface area contributed by atoms with Crippen molar-refractivity contribution in [2.45, 2.75) is 13.5 Å². The fourth-order valence-corrected chi connectivity index (χ4v) is 3.20. The van der Waals surface area contributed by atoms with Crippen molar-refractivity contribution in [3.05, 3.63) is 87.9 Å². The molecule has 3 aromatic carbocycles. The Balaban J connectivity index is 1.92. The maximum Gasteiger partial charge on any atom is 0.340 e. The van der Waals surface area contributed by atoms with Crippen LogP contribution in [0.3, 0.4) is 0 Å². The molecule has 7 heteroatoms. The number of anilines is 1. The number of ether oxygens (including phenoxy) is 3. The van der Waals surface area contributed by atoms with Crippen molar-refractivity contribution in [2.75, 3.05) is 19.5 Å². The highest BCUT2D eigenvalue weighted by atomic mass is 35.5. The zero-order valence-electron chi connectivity index (χ0n) is 17.4. The first-order valence-electron chi connectivity index (χ1n) is 9.48. The second kappa shape index (κ2) is 10.00. The third-order valence-electron chi connectivity index (χ3n) is 4.73. The van der Waals surface area contributed by atoms with Crippen LogP contribution < -0.4 is 14.8 Å². The highest BCUT2D eigenvalue weighted by molar-refractivity contribution is 6.34. The van der Waals surface area contributed by atoms with Gasteiger partial charge in [0.25, 0.3) is 5.91 Å². The van der Waals surface area contributed by atoms with Crippen LogP contribution in [0.15, 0.2) is 60.7 Å². The number of carbonyl (C=O) groups is 2. The molecule has 3 aromatic rings. The first-order chi connectivity index (χ1) is 14.9. The van der Waals surface area contributed by atoms with Crippen molar-refractivity contribution in [3.63, 3.8) is 0 Å². The van der Waals surface area contributed by atoms with Crippen LogP contribution in [0.4, 0.5) is 5.69 Å². The van der Waals surface area contributed by atoms with Gasteiger partial charge < -0.3 is 19.5 Å². The number of carbonyl (C=O) groups excluding carboxylic acids is 2. The van der Waals surface area contributed by atoms with E-state index in [0.29, 0.717) is 16.5 Å². The summed E-state index contributed by atoms with van der Waals surface area (Å²) in [4.78, 5) is 25.7. The first-order valence-corrected chi connectivity index (χ1v) is 9.86. The van der Waals surface area contributed by atoms with Gasteiger partial charge in [-0.25, -0.2) is 4.79 Å². The summed E-state index contributed by atoms with van der Waals surface area (Å²) >= 11 is 6.13. The number of rotatable bonds is 7. The van der Waals surface area contributed by atoms with E-state index in [-0.39, 0.29) is 23.4 Å². The molecule has 6 nitrogen and oxygen atoms in total. The minimum atomic E-state index is -0.612. The predicted octanol–water partition coefficient (Wildman–Crippen LogP) is 5.27. The molecule has 0 radical (unpaired) electrons. The lowest BCUT2D eigenvalue weighted by Gasteiger charge is -2.16. The van der Waals surface area contributed by atoms with Crippen molar-refractivity contribution in [2.24, 2.45) is 0 Å². The lowest BCUT2D eigenvalue weighted by Crippen LogP contribution is -2.17. The molecular weight excluding hydrogens is 418 g/mol. The Morgan fingerprint density at radius 2 is 1.55 bits per heavy atom. The maximum atomic E-state index is 12.9. The molecule has 0 saturated heterocycles. The van der Waals surface area contributed by atoms with Gasteiger partial charge in [0, 0.05) is 12.1 Å². The molecule has 0 bridgehead atoms. The second-order valence-corrected chi connectivity index (χ2v) is 7.10. The van der Waals surface area contributed by atoms with Crippen LogP contribution in [0, 0.1) is 6.92 Å². The lowest BCUT2D eigenvalue weighted by molar-refractivity contribution is 0.0473. The van der Waals surface area contributed by atoms with Crippen LogP contribution in [-0.2, 0) is 11.3 Å². The number of methoxy groups -OCH3 is 2. The molecule has 1 N–H and O–H groups in total. The normalized spacial score (nSPS) is 10.3. The maximum absolute atomic E-state index is 12.9. The van der Waals surface area contributed by atoms with Gasteiger partial charge in [0.1, 0.15) is 6.61 Å². The summed E-state index contributed by atoms with van der Waals surface area (Å²) in [6.45, 7) is 2.03. The number of hydrogen-bond acceptors (Lipinski definition) is 5. The van der Waals surface area contributed by atoms with Crippen LogP contribution in [0.2, 0.25) is 5.02 Å². The molecule has 0 aliphatic heterocycles. The van der Waals surface area contributed by atoms with Crippen LogP contribution in [0.5, 0.6) is 11.5 Å². The van der Waals surface area contributed by atoms with E-state index in [1.165, 1.54) is 26.4 Å². The summed E-state index contributed by atoms with van der Waals surface area (Å²) in [6.07, 6.45) is 0. The van der Waals surface area contributed by atoms with E-state index in [1.807, 2.05) is 31.2 Å². The van der Waals surface area contributed by atoms with E-state index >= 15 is 0 Å². The van der Waals surface area contributed by atoms with Gasteiger partial charge in [-0.3, -0.25) is 4.79 Å². The van der Waals surface area contributed by atoms with Gasteiger partial charge in [0.05, 0.1) is 36.1 Å². The highest BCUT2D eigenvalue weighted by Crippen LogP contribution is 2.34. The first kappa shape index (κ1) is 22.2. The Kier molecular flexibility index (Phi) is 7.15. The second-order valence-electron chi connectivity index (χ2n) is 6.69. The number of hydrogen-bond donors (Lipinski definition) is 1. The number of amides is 1. The average molecular weight is 440 g/mol. The molecule has 0 saturated carbocycles. The fourth-order valence-electron chi connectivity index (χ4n) is 2.98. The quantitative estimate of drug-likeness (QED) is 0.507. The van der Waals surface area contributed by atoms with E-state index in [1.54, 1.807) is 24.3 Å². The number of benzene rings is 3. The summed E-state index contributed by atoms with van der Waals surface area (Å²) in [6, 6.07) is 17.2. The van der Waals surface area contributed by atoms with Gasteiger partial charge in [-0.15, -0.1) is 0 Å². The molecule has 0 heterocycles. The minimum absolute atomic E-state index is 0.0950. The van der Waals surface area contributed by atoms with Crippen LogP contribution in [-0.4, -0.2) is 26.1 Å². The highest BCUT2D eigenvalue weighted by Gasteiger charge is 2.21. The summed E-state index contributed by atoms with van der Waals surface area (Å²) in [5.74, 6) is -0.391. The van der Waals surface area contributed by atoms with E-state index in [4.69, 9.17) is 25.8 Å². The number of esters is 1. The SMILES string of the molecule is COc1cc(NC(=O)c2ccccc2Cl)c(C(=O)OCc2ccccc2C)cc1OC. The molecule has 0 aromatic heterocycles. The molecule has 0 fully saturated rings. The smallest absolute Gasteiger partial charge is 0.340 e. The molecular formula is C24H22ClNO5. The summed E-state index contributed by atoms with van der Waals surface area (Å²) in [7, 11) is 2.93. The van der Waals surface area contributed by atoms with E-state index < -0.39 is 11.9 Å². The molecule has 0 atom stereocenters. The van der Waals surface area contributed by atoms with Crippen molar-refractivity contribution in [3.8, 4) is 11.5 Å². The average Bonchev–Trinajstić information content (AvgIpc) is 2.78. The molecule has 0 spiro atoms. The van der Waals surface area contributed by atoms with Crippen LogP contribution in [0.1, 0.15) is 31.8 Å². The van der Waals surface area contributed by atoms with Gasteiger partial charge in [0.2, 0.25) is 0 Å². The van der Waals surface area contributed by atoms with E-state index in [9.17, 15) is 9.59 Å². The molecule has 1 amide bonds. The Hall–Kier alpha value is -3.51. The van der Waals surface area contributed by atoms with Crippen molar-refractivity contribution in [1.29, 1.82) is 0 Å². The van der Waals surface area contributed by atoms with Gasteiger partial charge in [-0.05, 0) is 30.2 Å². The summed E-state index contributed by atoms with van der Waals surface area (Å²) < 4.78 is 16.1. The third kappa shape index (κ3) is 5.16. The van der Waals surface area contributed by atoms with Crippen molar-refractivity contribution < 1.29 is 23.8 Å². The predicted molar refractivity (Wildman–Crippen MR) is 119 cm³/mol. The lowest BCUT2D eigenvalue weighted by atomic mass is 10.1. The summed E-state index contributed by atoms with van der Waals surface area (Å²) in [5.41, 5.74) is 2.52. The molecule has 31 heavy (non-hydrogen) atoms. The van der Waals surface area contributed by atoms with Gasteiger partial charge >= 0.3 is 5.97 Å². The molecule has 3 rings (SSSR count). The largest absolute Gasteiger partial charge is 0.493 e. The van der Waals surface area contributed by atoms with Crippen molar-refractivity contribution >= 4 is 29.2 Å². The van der Waals surface area contributed by atoms with E-state index in [0.717, 1.165) is 11.1 Å². The molecule has 0 aliphatic carbocycles. The Labute approximate surface area is 185 Å². The summed E-state index contributed by atoms with van der Waals surface area (Å²) in [5, 5.41) is 3.02. The Morgan fingerprint density at radius 3 is 2.23 bits per heavy atom. The van der Waals surface area contributed by atoms with Crippen LogP contribution >= 0.6 is 11.6 Å². The minimum Gasteiger partial charge on any atom is -0.493 e. The fraction of sp³-hybridized carbons (Fsp3) is 0.167. The standard InChI is InChI=1S/C24H22ClNO5/c1-15-8-4-5-9-16(15)14-31-24(28)18-12-21(29-2)22(30-3)13-20(18)26-23(27)17-10-6-7-11-19(17)25/h4-13H,14H2,1-3H3,(H,26,27). The zero-order valence-corrected chi connectivity index (χ0v) is 18.2. The third-order valence-corrected chi connectivity index (χ3v) is 5.06. The molecule has 0 unspecified atom stereocenters. The van der Waals surface area contributed by atoms with Gasteiger partial charge in [-0.2, -0.15) is 0 Å². The van der Waals surface area contributed by atoms with Crippen LogP contribution in [0.25, 0.3) is 0 Å². The number of nitrogens with one attached hydrogen (secondary N) is 1. The Bertz CT molecular complexity index is 1110. The zero-order chi connectivity index (χ0) is 22.4. The Morgan fingerprint density at radius 1 is 0.903 bits per heavy atom. The number of aryl methyl sites for hydroxylation is 1. The van der Waals surface area contributed by atoms with E-state index in [2.05, 4.69) is 5.32 Å². The van der Waals surface area contributed by atoms with Gasteiger partial charge in [-0.1, -0.05) is 48.0 Å². The molecule has 0 aliphatic rings. The monoisotopic (exact) mass is 439 g/mol. The van der Waals surface area contributed by atoms with Gasteiger partial charge in [0.15, 0.2) is 11.5 Å². The molecule has 160 valence electrons.